The van der Waals surface area contributed by atoms with E-state index in [0.717, 1.165) is 11.1 Å². The van der Waals surface area contributed by atoms with Gasteiger partial charge in [-0.05, 0) is 31.9 Å². The summed E-state index contributed by atoms with van der Waals surface area (Å²) in [5, 5.41) is 0. The molecule has 0 spiro atoms. The van der Waals surface area contributed by atoms with E-state index in [1.165, 1.54) is 0 Å². The van der Waals surface area contributed by atoms with E-state index in [9.17, 15) is 0 Å². The Morgan fingerprint density at radius 2 is 1.62 bits per heavy atom. The van der Waals surface area contributed by atoms with E-state index in [0.29, 0.717) is 0 Å². The average Bonchev–Trinajstić information content (AvgIpc) is 2.29. The fourth-order valence-corrected chi connectivity index (χ4v) is 1.55. The molecule has 0 aromatic rings. The number of methoxy groups -OCH3 is 1. The van der Waals surface area contributed by atoms with Crippen LogP contribution >= 0.6 is 0 Å². The molecule has 0 N–H and O–H groups in total. The predicted octanol–water partition coefficient (Wildman–Crippen LogP) is 4.21. The molecule has 1 heteroatoms. The zero-order valence-corrected chi connectivity index (χ0v) is 10.7. The Kier molecular flexibility index (Phi) is 8.18. The highest BCUT2D eigenvalue weighted by Gasteiger charge is 2.13. The molecule has 1 nitrogen and oxygen atoms in total. The zero-order valence-electron chi connectivity index (χ0n) is 10.7. The van der Waals surface area contributed by atoms with Gasteiger partial charge in [-0.1, -0.05) is 49.1 Å². The summed E-state index contributed by atoms with van der Waals surface area (Å²) in [6, 6.07) is 0. The smallest absolute Gasteiger partial charge is 0.107 e. The molecule has 0 saturated carbocycles. The summed E-state index contributed by atoms with van der Waals surface area (Å²) in [5.41, 5.74) is 2.25. The van der Waals surface area contributed by atoms with Gasteiger partial charge in [-0.15, -0.1) is 0 Å². The summed E-state index contributed by atoms with van der Waals surface area (Å²) in [6.45, 7) is 9.74. The van der Waals surface area contributed by atoms with Gasteiger partial charge < -0.3 is 4.74 Å². The second-order valence-electron chi connectivity index (χ2n) is 3.31. The number of hydrogen-bond donors (Lipinski definition) is 0. The molecular weight excluding hydrogens is 196 g/mol. The third-order valence-electron chi connectivity index (χ3n) is 2.20. The van der Waals surface area contributed by atoms with Crippen LogP contribution in [0.3, 0.4) is 0 Å². The van der Waals surface area contributed by atoms with Crippen LogP contribution in [0.1, 0.15) is 20.8 Å². The van der Waals surface area contributed by atoms with Crippen LogP contribution in [0, 0.1) is 0 Å². The highest BCUT2D eigenvalue weighted by molar-refractivity contribution is 5.38. The SMILES string of the molecule is C=C/C=C(\C=C/C)C(OC)C(/C=C\C)=C/C. The summed E-state index contributed by atoms with van der Waals surface area (Å²) >= 11 is 0. The lowest BCUT2D eigenvalue weighted by Crippen LogP contribution is -2.14. The minimum Gasteiger partial charge on any atom is -0.372 e. The lowest BCUT2D eigenvalue weighted by Gasteiger charge is -2.18. The van der Waals surface area contributed by atoms with Gasteiger partial charge in [0.05, 0.1) is 0 Å². The average molecular weight is 218 g/mol. The largest absolute Gasteiger partial charge is 0.372 e. The second kappa shape index (κ2) is 8.93. The van der Waals surface area contributed by atoms with Crippen LogP contribution in [0.2, 0.25) is 0 Å². The summed E-state index contributed by atoms with van der Waals surface area (Å²) in [7, 11) is 1.72. The number of ether oxygens (including phenoxy) is 1. The highest BCUT2D eigenvalue weighted by Crippen LogP contribution is 2.18. The van der Waals surface area contributed by atoms with Crippen molar-refractivity contribution in [2.45, 2.75) is 26.9 Å². The summed E-state index contributed by atoms with van der Waals surface area (Å²) < 4.78 is 5.54. The molecule has 0 aliphatic heterocycles. The van der Waals surface area contributed by atoms with Gasteiger partial charge in [-0.25, -0.2) is 0 Å². The monoisotopic (exact) mass is 218 g/mol. The molecule has 16 heavy (non-hydrogen) atoms. The Hall–Kier alpha value is -1.34. The van der Waals surface area contributed by atoms with Crippen LogP contribution in [0.25, 0.3) is 0 Å². The van der Waals surface area contributed by atoms with Gasteiger partial charge in [0.15, 0.2) is 0 Å². The number of rotatable bonds is 6. The van der Waals surface area contributed by atoms with Crippen molar-refractivity contribution in [1.29, 1.82) is 0 Å². The predicted molar refractivity (Wildman–Crippen MR) is 72.5 cm³/mol. The van der Waals surface area contributed by atoms with E-state index in [2.05, 4.69) is 18.7 Å². The number of hydrogen-bond acceptors (Lipinski definition) is 1. The molecule has 0 aromatic carbocycles. The molecule has 0 radical (unpaired) electrons. The van der Waals surface area contributed by atoms with E-state index in [1.54, 1.807) is 13.2 Å². The minimum absolute atomic E-state index is 0.0320. The van der Waals surface area contributed by atoms with Crippen molar-refractivity contribution in [3.63, 3.8) is 0 Å². The van der Waals surface area contributed by atoms with Crippen molar-refractivity contribution in [3.05, 3.63) is 60.3 Å². The van der Waals surface area contributed by atoms with Gasteiger partial charge in [0, 0.05) is 7.11 Å². The lowest BCUT2D eigenvalue weighted by molar-refractivity contribution is 0.164. The molecule has 0 aliphatic rings. The summed E-state index contributed by atoms with van der Waals surface area (Å²) in [6.07, 6.45) is 13.9. The van der Waals surface area contributed by atoms with E-state index in [-0.39, 0.29) is 6.10 Å². The molecule has 0 fully saturated rings. The van der Waals surface area contributed by atoms with Gasteiger partial charge in [0.25, 0.3) is 0 Å². The maximum absolute atomic E-state index is 5.54. The van der Waals surface area contributed by atoms with Crippen LogP contribution in [-0.4, -0.2) is 13.2 Å². The third-order valence-corrected chi connectivity index (χ3v) is 2.20. The van der Waals surface area contributed by atoms with Crippen LogP contribution < -0.4 is 0 Å². The Labute approximate surface area is 99.5 Å². The normalized spacial score (nSPS) is 16.0. The Morgan fingerprint density at radius 3 is 2.00 bits per heavy atom. The summed E-state index contributed by atoms with van der Waals surface area (Å²) in [5.74, 6) is 0. The van der Waals surface area contributed by atoms with E-state index in [1.807, 2.05) is 45.1 Å². The molecule has 0 rings (SSSR count). The Morgan fingerprint density at radius 1 is 1.06 bits per heavy atom. The van der Waals surface area contributed by atoms with E-state index < -0.39 is 0 Å². The van der Waals surface area contributed by atoms with E-state index >= 15 is 0 Å². The number of allylic oxidation sites excluding steroid dienone is 5. The minimum atomic E-state index is -0.0320. The van der Waals surface area contributed by atoms with Crippen LogP contribution in [0.15, 0.2) is 60.3 Å². The highest BCUT2D eigenvalue weighted by atomic mass is 16.5. The molecule has 0 saturated heterocycles. The van der Waals surface area contributed by atoms with Crippen molar-refractivity contribution in [3.8, 4) is 0 Å². The molecule has 0 aliphatic carbocycles. The van der Waals surface area contributed by atoms with E-state index in [4.69, 9.17) is 4.74 Å². The van der Waals surface area contributed by atoms with Gasteiger partial charge >= 0.3 is 0 Å². The molecule has 1 atom stereocenters. The maximum atomic E-state index is 5.54. The molecular formula is C15H22O. The first-order chi connectivity index (χ1) is 7.74. The zero-order chi connectivity index (χ0) is 12.4. The molecule has 0 aromatic heterocycles. The van der Waals surface area contributed by atoms with Crippen molar-refractivity contribution < 1.29 is 4.74 Å². The van der Waals surface area contributed by atoms with Gasteiger partial charge in [-0.2, -0.15) is 0 Å². The van der Waals surface area contributed by atoms with Crippen LogP contribution in [-0.2, 0) is 4.74 Å². The second-order valence-corrected chi connectivity index (χ2v) is 3.31. The lowest BCUT2D eigenvalue weighted by atomic mass is 9.99. The molecule has 0 heterocycles. The fourth-order valence-electron chi connectivity index (χ4n) is 1.55. The maximum Gasteiger partial charge on any atom is 0.107 e. The van der Waals surface area contributed by atoms with Crippen LogP contribution in [0.4, 0.5) is 0 Å². The summed E-state index contributed by atoms with van der Waals surface area (Å²) in [4.78, 5) is 0. The van der Waals surface area contributed by atoms with Gasteiger partial charge in [0.2, 0.25) is 0 Å². The third kappa shape index (κ3) is 4.45. The Bertz CT molecular complexity index is 316. The van der Waals surface area contributed by atoms with Crippen molar-refractivity contribution in [2.75, 3.05) is 7.11 Å². The van der Waals surface area contributed by atoms with Crippen molar-refractivity contribution in [2.24, 2.45) is 0 Å². The molecule has 88 valence electrons. The molecule has 0 amide bonds. The fraction of sp³-hybridized carbons (Fsp3) is 0.333. The standard InChI is InChI=1S/C15H22O/c1-6-10-13(9-4)15(16-5)14(11-7-2)12-8-3/h6-12,15H,2H2,1,3-5H3/b10-6-,12-8-,13-9+,14-11+. The Balaban J connectivity index is 5.22. The van der Waals surface area contributed by atoms with Crippen LogP contribution in [0.5, 0.6) is 0 Å². The van der Waals surface area contributed by atoms with Gasteiger partial charge in [0.1, 0.15) is 6.10 Å². The van der Waals surface area contributed by atoms with Crippen molar-refractivity contribution >= 4 is 0 Å². The first kappa shape index (κ1) is 14.7. The first-order valence-corrected chi connectivity index (χ1v) is 5.52. The quantitative estimate of drug-likeness (QED) is 0.607. The van der Waals surface area contributed by atoms with Crippen molar-refractivity contribution in [1.82, 2.24) is 0 Å². The topological polar surface area (TPSA) is 9.23 Å². The van der Waals surface area contributed by atoms with Gasteiger partial charge in [-0.3, -0.25) is 0 Å². The molecule has 1 unspecified atom stereocenters. The molecule has 0 bridgehead atoms. The first-order valence-electron chi connectivity index (χ1n) is 5.52.